The highest BCUT2D eigenvalue weighted by Gasteiger charge is 2.75. The van der Waals surface area contributed by atoms with E-state index in [9.17, 15) is 10.1 Å². The molecule has 2 fully saturated rings. The van der Waals surface area contributed by atoms with Gasteiger partial charge < -0.3 is 9.47 Å². The first kappa shape index (κ1) is 19.7. The normalized spacial score (nSPS) is 34.7. The Morgan fingerprint density at radius 1 is 1.20 bits per heavy atom. The Labute approximate surface area is 176 Å². The zero-order valence-electron chi connectivity index (χ0n) is 17.5. The molecule has 3 aliphatic carbocycles. The van der Waals surface area contributed by atoms with Crippen LogP contribution in [-0.2, 0) is 25.1 Å². The fraction of sp³-hybridized carbons (Fsp3) is 0.583. The van der Waals surface area contributed by atoms with Gasteiger partial charge in [-0.2, -0.15) is 10.1 Å². The summed E-state index contributed by atoms with van der Waals surface area (Å²) in [6, 6.07) is 7.28. The van der Waals surface area contributed by atoms with Crippen LogP contribution in [0.25, 0.3) is 0 Å². The van der Waals surface area contributed by atoms with Crippen LogP contribution in [-0.4, -0.2) is 18.7 Å². The molecule has 2 bridgehead atoms. The fourth-order valence-electron chi connectivity index (χ4n) is 6.39. The summed E-state index contributed by atoms with van der Waals surface area (Å²) in [4.78, 5) is 23.5. The summed E-state index contributed by atoms with van der Waals surface area (Å²) >= 11 is 0. The molecule has 30 heavy (non-hydrogen) atoms. The van der Waals surface area contributed by atoms with Gasteiger partial charge in [0.05, 0.1) is 5.56 Å². The van der Waals surface area contributed by atoms with Gasteiger partial charge in [-0.3, -0.25) is 4.79 Å². The number of allylic oxidation sites excluding steroid dienone is 1. The molecule has 4 aliphatic rings. The number of methoxy groups -OCH3 is 1. The molecule has 0 N–H and O–H groups in total. The van der Waals surface area contributed by atoms with Crippen molar-refractivity contribution in [1.29, 1.82) is 5.26 Å². The lowest BCUT2D eigenvalue weighted by Gasteiger charge is -2.65. The van der Waals surface area contributed by atoms with Gasteiger partial charge in [-0.1, -0.05) is 23.6 Å². The standard InChI is InChI=1S/C24H27NO5/c1-15(26)28-22-13-19(11-10-17(22)14-25)24(27-2)23(29-30-24)18-7-5-9-21(23)20-8-4-3-6-16(20)12-18/h10-11,13,18,21H,3-9,12H2,1-2H3. The molecule has 6 nitrogen and oxygen atoms in total. The van der Waals surface area contributed by atoms with Crippen LogP contribution in [0.5, 0.6) is 5.75 Å². The Hall–Kier alpha value is -2.20. The second-order valence-corrected chi connectivity index (χ2v) is 8.92. The molecule has 5 rings (SSSR count). The number of ether oxygens (including phenoxy) is 2. The van der Waals surface area contributed by atoms with Crippen molar-refractivity contribution in [2.75, 3.05) is 7.11 Å². The van der Waals surface area contributed by atoms with Crippen molar-refractivity contribution in [3.8, 4) is 11.8 Å². The summed E-state index contributed by atoms with van der Waals surface area (Å²) in [6.07, 6.45) is 9.20. The van der Waals surface area contributed by atoms with E-state index >= 15 is 0 Å². The van der Waals surface area contributed by atoms with Crippen LogP contribution in [0.3, 0.4) is 0 Å². The molecule has 1 aliphatic heterocycles. The number of benzene rings is 1. The highest BCUT2D eigenvalue weighted by atomic mass is 17.3. The zero-order valence-corrected chi connectivity index (χ0v) is 17.5. The van der Waals surface area contributed by atoms with Crippen molar-refractivity contribution in [1.82, 2.24) is 0 Å². The fourth-order valence-corrected chi connectivity index (χ4v) is 6.39. The van der Waals surface area contributed by atoms with Gasteiger partial charge in [0.1, 0.15) is 11.8 Å². The third kappa shape index (κ3) is 2.56. The lowest BCUT2D eigenvalue weighted by molar-refractivity contribution is -0.639. The molecule has 1 spiro atoms. The number of nitriles is 1. The number of esters is 1. The number of nitrogens with zero attached hydrogens (tertiary/aromatic N) is 1. The van der Waals surface area contributed by atoms with Crippen molar-refractivity contribution in [2.24, 2.45) is 11.8 Å². The van der Waals surface area contributed by atoms with E-state index in [-0.39, 0.29) is 11.7 Å². The van der Waals surface area contributed by atoms with Crippen LogP contribution in [0.4, 0.5) is 0 Å². The van der Waals surface area contributed by atoms with E-state index in [1.165, 1.54) is 32.6 Å². The van der Waals surface area contributed by atoms with Crippen molar-refractivity contribution in [3.63, 3.8) is 0 Å². The summed E-state index contributed by atoms with van der Waals surface area (Å²) < 4.78 is 11.4. The van der Waals surface area contributed by atoms with Gasteiger partial charge in [0.2, 0.25) is 0 Å². The lowest BCUT2D eigenvalue weighted by Crippen LogP contribution is -2.74. The maximum Gasteiger partial charge on any atom is 0.308 e. The molecule has 6 heteroatoms. The largest absolute Gasteiger partial charge is 0.425 e. The van der Waals surface area contributed by atoms with E-state index in [1.807, 2.05) is 6.07 Å². The van der Waals surface area contributed by atoms with E-state index in [4.69, 9.17) is 19.2 Å². The first-order chi connectivity index (χ1) is 14.6. The summed E-state index contributed by atoms with van der Waals surface area (Å²) in [7, 11) is 1.65. The molecule has 0 radical (unpaired) electrons. The SMILES string of the molecule is COC1(c2ccc(C#N)c(OC(C)=O)c2)OOC12C1CCCC2C2=C(CCCC2)C1. The summed E-state index contributed by atoms with van der Waals surface area (Å²) in [5, 5.41) is 9.42. The van der Waals surface area contributed by atoms with Crippen LogP contribution >= 0.6 is 0 Å². The van der Waals surface area contributed by atoms with Crippen molar-refractivity contribution >= 4 is 5.97 Å². The Kier molecular flexibility index (Phi) is 4.73. The molecular formula is C24H27NO5. The molecule has 4 unspecified atom stereocenters. The van der Waals surface area contributed by atoms with Crippen molar-refractivity contribution < 1.29 is 24.0 Å². The van der Waals surface area contributed by atoms with Crippen LogP contribution in [0, 0.1) is 23.2 Å². The Balaban J connectivity index is 1.63. The number of carbonyl (C=O) groups is 1. The van der Waals surface area contributed by atoms with Gasteiger partial charge in [-0.15, -0.1) is 0 Å². The molecule has 1 heterocycles. The summed E-state index contributed by atoms with van der Waals surface area (Å²) in [6.45, 7) is 1.33. The van der Waals surface area contributed by atoms with Crippen LogP contribution in [0.1, 0.15) is 69.4 Å². The van der Waals surface area contributed by atoms with E-state index in [2.05, 4.69) is 6.07 Å². The molecule has 1 aromatic rings. The number of hydrogen-bond acceptors (Lipinski definition) is 6. The predicted octanol–water partition coefficient (Wildman–Crippen LogP) is 4.67. The van der Waals surface area contributed by atoms with Gasteiger partial charge in [-0.25, -0.2) is 4.89 Å². The smallest absolute Gasteiger partial charge is 0.308 e. The predicted molar refractivity (Wildman–Crippen MR) is 107 cm³/mol. The molecule has 1 aromatic carbocycles. The van der Waals surface area contributed by atoms with E-state index in [0.29, 0.717) is 11.5 Å². The van der Waals surface area contributed by atoms with Crippen molar-refractivity contribution in [3.05, 3.63) is 40.5 Å². The third-order valence-corrected chi connectivity index (χ3v) is 7.55. The number of carbonyl (C=O) groups excluding carboxylic acids is 1. The third-order valence-electron chi connectivity index (χ3n) is 7.55. The van der Waals surface area contributed by atoms with Crippen LogP contribution in [0.15, 0.2) is 29.3 Å². The van der Waals surface area contributed by atoms with E-state index in [1.54, 1.807) is 30.4 Å². The quantitative estimate of drug-likeness (QED) is 0.312. The van der Waals surface area contributed by atoms with Gasteiger partial charge >= 0.3 is 5.97 Å². The number of hydrogen-bond donors (Lipinski definition) is 0. The lowest BCUT2D eigenvalue weighted by atomic mass is 9.53. The molecule has 0 aromatic heterocycles. The monoisotopic (exact) mass is 409 g/mol. The van der Waals surface area contributed by atoms with Gasteiger partial charge in [0.25, 0.3) is 5.79 Å². The highest BCUT2D eigenvalue weighted by molar-refractivity contribution is 5.70. The topological polar surface area (TPSA) is 77.8 Å². The molecule has 1 saturated carbocycles. The highest BCUT2D eigenvalue weighted by Crippen LogP contribution is 2.66. The average molecular weight is 409 g/mol. The average Bonchev–Trinajstić information content (AvgIpc) is 2.73. The Bertz CT molecular complexity index is 959. The number of rotatable bonds is 3. The molecule has 4 atom stereocenters. The zero-order chi connectivity index (χ0) is 20.9. The van der Waals surface area contributed by atoms with Gasteiger partial charge in [0.15, 0.2) is 5.60 Å². The molecular weight excluding hydrogens is 382 g/mol. The van der Waals surface area contributed by atoms with Crippen LogP contribution < -0.4 is 4.74 Å². The van der Waals surface area contributed by atoms with Crippen LogP contribution in [0.2, 0.25) is 0 Å². The number of fused-ring (bicyclic) bond motifs is 1. The first-order valence-corrected chi connectivity index (χ1v) is 10.9. The molecule has 0 amide bonds. The first-order valence-electron chi connectivity index (χ1n) is 10.9. The minimum atomic E-state index is -1.08. The maximum absolute atomic E-state index is 11.6. The minimum Gasteiger partial charge on any atom is -0.425 e. The Morgan fingerprint density at radius 3 is 2.73 bits per heavy atom. The van der Waals surface area contributed by atoms with E-state index in [0.717, 1.165) is 31.2 Å². The summed E-state index contributed by atoms with van der Waals surface area (Å²) in [5.74, 6) is -0.747. The van der Waals surface area contributed by atoms with Gasteiger partial charge in [0, 0.05) is 31.4 Å². The molecule has 1 saturated heterocycles. The molecule has 158 valence electrons. The van der Waals surface area contributed by atoms with E-state index < -0.39 is 17.4 Å². The Morgan fingerprint density at radius 2 is 2.03 bits per heavy atom. The maximum atomic E-state index is 11.6. The van der Waals surface area contributed by atoms with Gasteiger partial charge in [-0.05, 0) is 57.1 Å². The second-order valence-electron chi connectivity index (χ2n) is 8.92. The van der Waals surface area contributed by atoms with Crippen molar-refractivity contribution in [2.45, 2.75) is 69.7 Å². The minimum absolute atomic E-state index is 0.225. The second kappa shape index (κ2) is 7.19. The summed E-state index contributed by atoms with van der Waals surface area (Å²) in [5.41, 5.74) is 3.62.